The van der Waals surface area contributed by atoms with Crippen molar-refractivity contribution in [2.45, 2.75) is 13.0 Å². The highest BCUT2D eigenvalue weighted by Gasteiger charge is 2.05. The Morgan fingerprint density at radius 3 is 2.39 bits per heavy atom. The number of rotatable bonds is 4. The lowest BCUT2D eigenvalue weighted by Crippen LogP contribution is -2.20. The molecule has 1 heterocycles. The molecule has 3 aromatic rings. The van der Waals surface area contributed by atoms with Gasteiger partial charge >= 0.3 is 0 Å². The van der Waals surface area contributed by atoms with Gasteiger partial charge in [0.25, 0.3) is 5.56 Å². The molecule has 23 heavy (non-hydrogen) atoms. The SMILES string of the molecule is O=c1cc(-c2ccc(Cl)cc2)sc(=S)n1CCc1ccccc1. The summed E-state index contributed by atoms with van der Waals surface area (Å²) in [7, 11) is 0. The van der Waals surface area contributed by atoms with Crippen molar-refractivity contribution in [1.29, 1.82) is 0 Å². The number of nitrogens with zero attached hydrogens (tertiary/aromatic N) is 1. The summed E-state index contributed by atoms with van der Waals surface area (Å²) in [6.45, 7) is 0.596. The highest BCUT2D eigenvalue weighted by atomic mass is 35.5. The van der Waals surface area contributed by atoms with Crippen LogP contribution in [0.5, 0.6) is 0 Å². The van der Waals surface area contributed by atoms with E-state index in [1.54, 1.807) is 10.6 Å². The normalized spacial score (nSPS) is 10.7. The van der Waals surface area contributed by atoms with Gasteiger partial charge in [0.15, 0.2) is 3.95 Å². The van der Waals surface area contributed by atoms with Crippen LogP contribution in [0.2, 0.25) is 5.02 Å². The Morgan fingerprint density at radius 2 is 1.74 bits per heavy atom. The van der Waals surface area contributed by atoms with Crippen molar-refractivity contribution in [3.63, 3.8) is 0 Å². The minimum atomic E-state index is -0.0605. The van der Waals surface area contributed by atoms with Gasteiger partial charge in [0.05, 0.1) is 0 Å². The molecule has 0 saturated carbocycles. The Kier molecular flexibility index (Phi) is 5.06. The summed E-state index contributed by atoms with van der Waals surface area (Å²) in [5, 5.41) is 0.675. The summed E-state index contributed by atoms with van der Waals surface area (Å²) in [5.74, 6) is 0. The first-order valence-corrected chi connectivity index (χ1v) is 8.78. The fourth-order valence-electron chi connectivity index (χ4n) is 2.30. The van der Waals surface area contributed by atoms with E-state index < -0.39 is 0 Å². The standard InChI is InChI=1S/C18H14ClNOS2/c19-15-8-6-14(7-9-15)16-12-17(21)20(18(22)23-16)11-10-13-4-2-1-3-5-13/h1-9,12H,10-11H2. The molecule has 0 amide bonds. The van der Waals surface area contributed by atoms with Crippen LogP contribution in [0.3, 0.4) is 0 Å². The summed E-state index contributed by atoms with van der Waals surface area (Å²) in [4.78, 5) is 13.3. The van der Waals surface area contributed by atoms with Crippen molar-refractivity contribution in [2.24, 2.45) is 0 Å². The van der Waals surface area contributed by atoms with Gasteiger partial charge in [0.1, 0.15) is 0 Å². The molecular weight excluding hydrogens is 346 g/mol. The van der Waals surface area contributed by atoms with Gasteiger partial charge in [-0.3, -0.25) is 9.36 Å². The van der Waals surface area contributed by atoms with Crippen LogP contribution in [0, 0.1) is 3.95 Å². The van der Waals surface area contributed by atoms with Gasteiger partial charge in [-0.05, 0) is 41.9 Å². The molecule has 0 fully saturated rings. The average Bonchev–Trinajstić information content (AvgIpc) is 2.55. The minimum absolute atomic E-state index is 0.0605. The van der Waals surface area contributed by atoms with Gasteiger partial charge in [0, 0.05) is 22.5 Å². The second-order valence-corrected chi connectivity index (χ2v) is 7.22. The zero-order chi connectivity index (χ0) is 16.2. The van der Waals surface area contributed by atoms with Crippen LogP contribution in [0.15, 0.2) is 65.5 Å². The highest BCUT2D eigenvalue weighted by Crippen LogP contribution is 2.24. The van der Waals surface area contributed by atoms with Crippen molar-refractivity contribution >= 4 is 35.2 Å². The van der Waals surface area contributed by atoms with Crippen LogP contribution >= 0.6 is 35.2 Å². The van der Waals surface area contributed by atoms with Crippen LogP contribution < -0.4 is 5.56 Å². The van der Waals surface area contributed by atoms with Gasteiger partial charge in [-0.25, -0.2) is 0 Å². The van der Waals surface area contributed by atoms with Crippen LogP contribution in [0.25, 0.3) is 10.4 Å². The quantitative estimate of drug-likeness (QED) is 0.597. The van der Waals surface area contributed by atoms with Gasteiger partial charge in [-0.1, -0.05) is 54.1 Å². The highest BCUT2D eigenvalue weighted by molar-refractivity contribution is 7.73. The zero-order valence-electron chi connectivity index (χ0n) is 12.2. The summed E-state index contributed by atoms with van der Waals surface area (Å²) >= 11 is 12.8. The number of hydrogen-bond acceptors (Lipinski definition) is 3. The third-order valence-electron chi connectivity index (χ3n) is 3.53. The van der Waals surface area contributed by atoms with Crippen LogP contribution in [0.1, 0.15) is 5.56 Å². The molecule has 0 aliphatic rings. The van der Waals surface area contributed by atoms with E-state index in [4.69, 9.17) is 23.8 Å². The number of aryl methyl sites for hydroxylation is 1. The second-order valence-electron chi connectivity index (χ2n) is 5.11. The molecule has 0 spiro atoms. The van der Waals surface area contributed by atoms with Gasteiger partial charge in [-0.15, -0.1) is 11.3 Å². The van der Waals surface area contributed by atoms with Crippen LogP contribution in [-0.2, 0) is 13.0 Å². The van der Waals surface area contributed by atoms with Crippen LogP contribution in [0.4, 0.5) is 0 Å². The molecule has 1 aromatic heterocycles. The molecule has 3 rings (SSSR count). The number of aromatic nitrogens is 1. The molecule has 5 heteroatoms. The van der Waals surface area contributed by atoms with E-state index >= 15 is 0 Å². The van der Waals surface area contributed by atoms with E-state index in [2.05, 4.69) is 12.1 Å². The smallest absolute Gasteiger partial charge is 0.253 e. The van der Waals surface area contributed by atoms with Crippen molar-refractivity contribution in [3.05, 3.63) is 85.6 Å². The minimum Gasteiger partial charge on any atom is -0.291 e. The molecule has 0 atom stereocenters. The summed E-state index contributed by atoms with van der Waals surface area (Å²) in [6.07, 6.45) is 0.789. The van der Waals surface area contributed by atoms with E-state index in [1.165, 1.54) is 16.9 Å². The monoisotopic (exact) mass is 359 g/mol. The largest absolute Gasteiger partial charge is 0.291 e. The molecule has 0 aliphatic carbocycles. The van der Waals surface area contributed by atoms with Gasteiger partial charge in [0.2, 0.25) is 0 Å². The fraction of sp³-hybridized carbons (Fsp3) is 0.111. The average molecular weight is 360 g/mol. The predicted octanol–water partition coefficient (Wildman–Crippen LogP) is 5.20. The maximum absolute atomic E-state index is 12.4. The second kappa shape index (κ2) is 7.21. The third-order valence-corrected chi connectivity index (χ3v) is 5.22. The maximum Gasteiger partial charge on any atom is 0.253 e. The Balaban J connectivity index is 1.87. The van der Waals surface area contributed by atoms with E-state index in [-0.39, 0.29) is 5.56 Å². The number of benzene rings is 2. The first-order valence-electron chi connectivity index (χ1n) is 7.18. The van der Waals surface area contributed by atoms with Gasteiger partial charge < -0.3 is 0 Å². The zero-order valence-corrected chi connectivity index (χ0v) is 14.6. The van der Waals surface area contributed by atoms with Crippen LogP contribution in [-0.4, -0.2) is 4.57 Å². The molecule has 0 N–H and O–H groups in total. The first kappa shape index (κ1) is 16.1. The Morgan fingerprint density at radius 1 is 1.04 bits per heavy atom. The molecule has 2 nitrogen and oxygen atoms in total. The van der Waals surface area contributed by atoms with E-state index in [1.807, 2.05) is 42.5 Å². The Bertz CT molecular complexity index is 883. The molecule has 0 radical (unpaired) electrons. The molecule has 116 valence electrons. The van der Waals surface area contributed by atoms with E-state index in [0.717, 1.165) is 16.9 Å². The molecule has 0 bridgehead atoms. The Labute approximate surface area is 148 Å². The summed E-state index contributed by atoms with van der Waals surface area (Å²) in [5.41, 5.74) is 2.09. The summed E-state index contributed by atoms with van der Waals surface area (Å²) < 4.78 is 2.25. The third kappa shape index (κ3) is 3.96. The van der Waals surface area contributed by atoms with Crippen molar-refractivity contribution in [3.8, 4) is 10.4 Å². The number of hydrogen-bond donors (Lipinski definition) is 0. The first-order chi connectivity index (χ1) is 11.1. The predicted molar refractivity (Wildman–Crippen MR) is 100 cm³/mol. The lowest BCUT2D eigenvalue weighted by molar-refractivity contribution is 0.671. The lowest BCUT2D eigenvalue weighted by Gasteiger charge is -2.07. The maximum atomic E-state index is 12.4. The van der Waals surface area contributed by atoms with Crippen molar-refractivity contribution in [2.75, 3.05) is 0 Å². The molecular formula is C18H14ClNOS2. The van der Waals surface area contributed by atoms with E-state index in [9.17, 15) is 4.79 Å². The topological polar surface area (TPSA) is 22.0 Å². The lowest BCUT2D eigenvalue weighted by atomic mass is 10.1. The van der Waals surface area contributed by atoms with Gasteiger partial charge in [-0.2, -0.15) is 0 Å². The van der Waals surface area contributed by atoms with Crippen molar-refractivity contribution in [1.82, 2.24) is 4.57 Å². The van der Waals surface area contributed by atoms with Crippen molar-refractivity contribution < 1.29 is 0 Å². The molecule has 0 unspecified atom stereocenters. The molecule has 2 aromatic carbocycles. The molecule has 0 saturated heterocycles. The molecule has 0 aliphatic heterocycles. The van der Waals surface area contributed by atoms with E-state index in [0.29, 0.717) is 15.5 Å². The Hall–Kier alpha value is -1.75. The number of halogens is 1. The summed E-state index contributed by atoms with van der Waals surface area (Å²) in [6, 6.07) is 19.2. The fourth-order valence-corrected chi connectivity index (χ4v) is 3.77.